The van der Waals surface area contributed by atoms with E-state index in [1.54, 1.807) is 24.3 Å². The molecule has 0 fully saturated rings. The molecule has 0 amide bonds. The first-order chi connectivity index (χ1) is 5.88. The van der Waals surface area contributed by atoms with Crippen molar-refractivity contribution in [3.05, 3.63) is 47.2 Å². The van der Waals surface area contributed by atoms with E-state index in [-0.39, 0.29) is 5.63 Å². The second-order valence-electron chi connectivity index (χ2n) is 2.29. The fraction of sp³-hybridized carbons (Fsp3) is 0. The smallest absolute Gasteiger partial charge is 0.346 e. The average molecular weight is 162 g/mol. The molecule has 0 spiro atoms. The van der Waals surface area contributed by atoms with Gasteiger partial charge in [-0.1, -0.05) is 0 Å². The molecule has 2 aromatic heterocycles. The van der Waals surface area contributed by atoms with E-state index in [0.29, 0.717) is 11.3 Å². The maximum absolute atomic E-state index is 11.1. The fourth-order valence-corrected chi connectivity index (χ4v) is 0.983. The molecule has 0 aliphatic heterocycles. The van der Waals surface area contributed by atoms with Gasteiger partial charge in [-0.2, -0.15) is 0 Å². The van der Waals surface area contributed by atoms with Crippen LogP contribution < -0.4 is 5.63 Å². The summed E-state index contributed by atoms with van der Waals surface area (Å²) in [5.74, 6) is 0.532. The van der Waals surface area contributed by atoms with Crippen LogP contribution in [0.4, 0.5) is 0 Å². The molecule has 0 radical (unpaired) electrons. The van der Waals surface area contributed by atoms with Crippen molar-refractivity contribution >= 4 is 0 Å². The van der Waals surface area contributed by atoms with E-state index in [2.05, 4.69) is 4.42 Å². The predicted octanol–water partition coefficient (Wildman–Crippen LogP) is 1.90. The zero-order chi connectivity index (χ0) is 8.39. The van der Waals surface area contributed by atoms with Gasteiger partial charge in [-0.15, -0.1) is 0 Å². The molecule has 2 rings (SSSR count). The van der Waals surface area contributed by atoms with Crippen molar-refractivity contribution < 1.29 is 8.83 Å². The van der Waals surface area contributed by atoms with Gasteiger partial charge < -0.3 is 8.83 Å². The molecule has 0 aliphatic rings. The summed E-state index contributed by atoms with van der Waals surface area (Å²) in [6.07, 6.45) is 2.86. The summed E-state index contributed by atoms with van der Waals surface area (Å²) in [6, 6.07) is 6.75. The number of rotatable bonds is 1. The van der Waals surface area contributed by atoms with Gasteiger partial charge in [0.15, 0.2) is 0 Å². The van der Waals surface area contributed by atoms with Gasteiger partial charge in [0.1, 0.15) is 11.3 Å². The van der Waals surface area contributed by atoms with Crippen molar-refractivity contribution in [2.45, 2.75) is 0 Å². The van der Waals surface area contributed by atoms with Crippen molar-refractivity contribution in [1.82, 2.24) is 0 Å². The van der Waals surface area contributed by atoms with Crippen molar-refractivity contribution in [2.75, 3.05) is 0 Å². The molecule has 0 aliphatic carbocycles. The summed E-state index contributed by atoms with van der Waals surface area (Å²) in [5, 5.41) is 0. The number of hydrogen-bond acceptors (Lipinski definition) is 3. The molecule has 0 N–H and O–H groups in total. The molecule has 3 heteroatoms. The minimum Gasteiger partial charge on any atom is -0.464 e. The van der Waals surface area contributed by atoms with Crippen LogP contribution in [0.2, 0.25) is 0 Å². The van der Waals surface area contributed by atoms with Crippen LogP contribution in [0, 0.1) is 0 Å². The van der Waals surface area contributed by atoms with E-state index in [1.807, 2.05) is 0 Å². The van der Waals surface area contributed by atoms with Crippen LogP contribution in [0.25, 0.3) is 11.3 Å². The van der Waals surface area contributed by atoms with E-state index in [1.165, 1.54) is 12.5 Å². The maximum Gasteiger partial charge on any atom is 0.346 e. The van der Waals surface area contributed by atoms with E-state index >= 15 is 0 Å². The summed E-state index contributed by atoms with van der Waals surface area (Å²) in [5.41, 5.74) is 0.0648. The van der Waals surface area contributed by atoms with Crippen LogP contribution in [0.5, 0.6) is 0 Å². The molecule has 2 heterocycles. The Morgan fingerprint density at radius 2 is 1.75 bits per heavy atom. The minimum atomic E-state index is -0.382. The molecule has 0 atom stereocenters. The molecule has 0 aromatic carbocycles. The molecule has 3 nitrogen and oxygen atoms in total. The first-order valence-corrected chi connectivity index (χ1v) is 3.49. The van der Waals surface area contributed by atoms with Crippen LogP contribution in [-0.2, 0) is 0 Å². The molecular weight excluding hydrogens is 156 g/mol. The summed E-state index contributed by atoms with van der Waals surface area (Å²) >= 11 is 0. The third-order valence-corrected chi connectivity index (χ3v) is 1.52. The lowest BCUT2D eigenvalue weighted by molar-refractivity contribution is 0.506. The Balaban J connectivity index is 2.63. The maximum atomic E-state index is 11.1. The van der Waals surface area contributed by atoms with E-state index < -0.39 is 0 Å². The van der Waals surface area contributed by atoms with Gasteiger partial charge in [0.25, 0.3) is 0 Å². The summed E-state index contributed by atoms with van der Waals surface area (Å²) in [4.78, 5) is 11.1. The highest BCUT2D eigenvalue weighted by Crippen LogP contribution is 2.14. The van der Waals surface area contributed by atoms with Crippen LogP contribution in [0.1, 0.15) is 0 Å². The molecule has 0 bridgehead atoms. The molecule has 2 aromatic rings. The third-order valence-electron chi connectivity index (χ3n) is 1.52. The SMILES string of the molecule is O=c1occcc1-c1ccco1. The van der Waals surface area contributed by atoms with Gasteiger partial charge >= 0.3 is 5.63 Å². The highest BCUT2D eigenvalue weighted by molar-refractivity contribution is 5.54. The Labute approximate surface area is 68.2 Å². The van der Waals surface area contributed by atoms with Crippen molar-refractivity contribution in [3.8, 4) is 11.3 Å². The van der Waals surface area contributed by atoms with E-state index in [0.717, 1.165) is 0 Å². The lowest BCUT2D eigenvalue weighted by Crippen LogP contribution is -1.99. The molecular formula is C9H6O3. The zero-order valence-corrected chi connectivity index (χ0v) is 6.19. The Hall–Kier alpha value is -1.77. The first kappa shape index (κ1) is 6.91. The highest BCUT2D eigenvalue weighted by atomic mass is 16.4. The Bertz CT molecular complexity index is 411. The largest absolute Gasteiger partial charge is 0.464 e. The molecule has 12 heavy (non-hydrogen) atoms. The lowest BCUT2D eigenvalue weighted by atomic mass is 10.2. The Morgan fingerprint density at radius 3 is 2.42 bits per heavy atom. The second-order valence-corrected chi connectivity index (χ2v) is 2.29. The van der Waals surface area contributed by atoms with E-state index in [4.69, 9.17) is 4.42 Å². The summed E-state index contributed by atoms with van der Waals surface area (Å²) in [7, 11) is 0. The first-order valence-electron chi connectivity index (χ1n) is 3.49. The lowest BCUT2D eigenvalue weighted by Gasteiger charge is -1.90. The monoisotopic (exact) mass is 162 g/mol. The number of furan rings is 1. The van der Waals surface area contributed by atoms with Crippen molar-refractivity contribution in [2.24, 2.45) is 0 Å². The van der Waals surface area contributed by atoms with Gasteiger partial charge in [-0.05, 0) is 24.3 Å². The molecule has 0 saturated carbocycles. The van der Waals surface area contributed by atoms with E-state index in [9.17, 15) is 4.79 Å². The minimum absolute atomic E-state index is 0.382. The Kier molecular flexibility index (Phi) is 1.55. The van der Waals surface area contributed by atoms with Crippen molar-refractivity contribution in [3.63, 3.8) is 0 Å². The Morgan fingerprint density at radius 1 is 1.00 bits per heavy atom. The fourth-order valence-electron chi connectivity index (χ4n) is 0.983. The van der Waals surface area contributed by atoms with Crippen molar-refractivity contribution in [1.29, 1.82) is 0 Å². The van der Waals surface area contributed by atoms with Gasteiger partial charge in [-0.3, -0.25) is 0 Å². The van der Waals surface area contributed by atoms with Crippen LogP contribution in [0.3, 0.4) is 0 Å². The number of hydrogen-bond donors (Lipinski definition) is 0. The quantitative estimate of drug-likeness (QED) is 0.643. The van der Waals surface area contributed by atoms with Crippen LogP contribution in [0.15, 0.2) is 50.4 Å². The van der Waals surface area contributed by atoms with Crippen LogP contribution >= 0.6 is 0 Å². The normalized spacial score (nSPS) is 10.0. The van der Waals surface area contributed by atoms with Gasteiger partial charge in [-0.25, -0.2) is 4.79 Å². The molecule has 0 unspecified atom stereocenters. The predicted molar refractivity (Wildman–Crippen MR) is 42.7 cm³/mol. The highest BCUT2D eigenvalue weighted by Gasteiger charge is 2.04. The summed E-state index contributed by atoms with van der Waals surface area (Å²) in [6.45, 7) is 0. The average Bonchev–Trinajstić information content (AvgIpc) is 2.57. The molecule has 60 valence electrons. The van der Waals surface area contributed by atoms with Gasteiger partial charge in [0.2, 0.25) is 0 Å². The van der Waals surface area contributed by atoms with Gasteiger partial charge in [0.05, 0.1) is 12.5 Å². The standard InChI is InChI=1S/C9H6O3/c10-9-7(3-1-6-12-9)8-4-2-5-11-8/h1-6H. The summed E-state index contributed by atoms with van der Waals surface area (Å²) < 4.78 is 9.71. The van der Waals surface area contributed by atoms with Crippen LogP contribution in [-0.4, -0.2) is 0 Å². The topological polar surface area (TPSA) is 43.4 Å². The third kappa shape index (κ3) is 1.05. The molecule has 0 saturated heterocycles. The van der Waals surface area contributed by atoms with Gasteiger partial charge in [0, 0.05) is 0 Å². The zero-order valence-electron chi connectivity index (χ0n) is 6.19. The second kappa shape index (κ2) is 2.70.